The maximum Gasteiger partial charge on any atom is 0.145 e. The fourth-order valence-corrected chi connectivity index (χ4v) is 5.97. The first-order valence-electron chi connectivity index (χ1n) is 14.1. The van der Waals surface area contributed by atoms with Crippen LogP contribution in [0.3, 0.4) is 0 Å². The average molecular weight is 573 g/mol. The van der Waals surface area contributed by atoms with Gasteiger partial charge in [0.15, 0.2) is 0 Å². The van der Waals surface area contributed by atoms with Crippen LogP contribution < -0.4 is 5.32 Å². The highest BCUT2D eigenvalue weighted by Gasteiger charge is 2.33. The minimum Gasteiger partial charge on any atom is -0.361 e. The van der Waals surface area contributed by atoms with E-state index in [-0.39, 0.29) is 0 Å². The number of aromatic nitrogens is 2. The second-order valence-electron chi connectivity index (χ2n) is 11.0. The molecular formula is C36H33FN4S. The summed E-state index contributed by atoms with van der Waals surface area (Å²) in [5.41, 5.74) is 11.7. The Morgan fingerprint density at radius 3 is 2.48 bits per heavy atom. The molecule has 42 heavy (non-hydrogen) atoms. The molecule has 5 aromatic rings. The molecule has 2 heterocycles. The number of para-hydroxylation sites is 2. The van der Waals surface area contributed by atoms with Crippen molar-refractivity contribution in [3.63, 3.8) is 0 Å². The molecular weight excluding hydrogens is 539 g/mol. The van der Waals surface area contributed by atoms with Crippen LogP contribution in [0, 0.1) is 6.92 Å². The van der Waals surface area contributed by atoms with Gasteiger partial charge < -0.3 is 5.32 Å². The highest BCUT2D eigenvalue weighted by Crippen LogP contribution is 2.48. The molecule has 7 rings (SSSR count). The van der Waals surface area contributed by atoms with Gasteiger partial charge in [-0.3, -0.25) is 9.56 Å². The third-order valence-electron chi connectivity index (χ3n) is 7.87. The second-order valence-corrected chi connectivity index (χ2v) is 12.2. The number of allylic oxidation sites excluding steroid dienone is 1. The number of halogens is 1. The van der Waals surface area contributed by atoms with Crippen molar-refractivity contribution < 1.29 is 3.89 Å². The van der Waals surface area contributed by atoms with Gasteiger partial charge >= 0.3 is 0 Å². The quantitative estimate of drug-likeness (QED) is 0.229. The molecule has 0 bridgehead atoms. The predicted octanol–water partition coefficient (Wildman–Crippen LogP) is 9.47. The van der Waals surface area contributed by atoms with Crippen LogP contribution in [0.4, 0.5) is 9.57 Å². The molecule has 0 saturated carbocycles. The molecule has 0 unspecified atom stereocenters. The van der Waals surface area contributed by atoms with Crippen molar-refractivity contribution in [2.45, 2.75) is 38.5 Å². The molecule has 210 valence electrons. The molecule has 0 spiro atoms. The van der Waals surface area contributed by atoms with Gasteiger partial charge in [0.2, 0.25) is 0 Å². The van der Waals surface area contributed by atoms with Gasteiger partial charge in [0.1, 0.15) is 5.82 Å². The van der Waals surface area contributed by atoms with Crippen LogP contribution in [0.5, 0.6) is 0 Å². The Kier molecular flexibility index (Phi) is 7.81. The van der Waals surface area contributed by atoms with Gasteiger partial charge in [0, 0.05) is 41.7 Å². The van der Waals surface area contributed by atoms with E-state index in [1.165, 1.54) is 33.4 Å². The maximum absolute atomic E-state index is 14.1. The SMILES string of the molecule is C1=NCc2ccccc2N/C=C\1.Cc1ccccc1-n1ccnc1-c1c(C(C)(C)SF)ccc2c1Cc1ccccc1-2. The van der Waals surface area contributed by atoms with Crippen molar-refractivity contribution in [1.82, 2.24) is 9.55 Å². The van der Waals surface area contributed by atoms with E-state index in [1.54, 1.807) is 0 Å². The maximum atomic E-state index is 14.1. The molecule has 4 nitrogen and oxygen atoms in total. The molecule has 0 saturated heterocycles. The third-order valence-corrected chi connectivity index (χ3v) is 8.48. The highest BCUT2D eigenvalue weighted by molar-refractivity contribution is 7.95. The van der Waals surface area contributed by atoms with E-state index in [9.17, 15) is 3.89 Å². The van der Waals surface area contributed by atoms with E-state index in [0.717, 1.165) is 41.3 Å². The Morgan fingerprint density at radius 1 is 0.881 bits per heavy atom. The molecule has 0 fully saturated rings. The minimum atomic E-state index is -0.679. The third kappa shape index (κ3) is 5.30. The normalized spacial score (nSPS) is 13.9. The summed E-state index contributed by atoms with van der Waals surface area (Å²) in [4.78, 5) is 9.00. The van der Waals surface area contributed by atoms with Crippen LogP contribution in [-0.2, 0) is 17.7 Å². The second kappa shape index (κ2) is 11.8. The van der Waals surface area contributed by atoms with Crippen LogP contribution >= 0.6 is 12.1 Å². The first kappa shape index (κ1) is 27.7. The first-order valence-corrected chi connectivity index (χ1v) is 14.8. The monoisotopic (exact) mass is 572 g/mol. The Hall–Kier alpha value is -4.42. The molecule has 0 atom stereocenters. The van der Waals surface area contributed by atoms with E-state index >= 15 is 0 Å². The summed E-state index contributed by atoms with van der Waals surface area (Å²) in [6.45, 7) is 6.73. The standard InChI is InChI=1S/C26H23FN2S.C10H10N2/c1-17-8-4-7-11-23(17)29-15-14-28-25(29)24-21-16-18-9-5-6-10-19(18)20(21)12-13-22(24)26(2,3)30-27;1-2-5-10-9(4-1)8-11-6-3-7-12-10/h4-15H,16H2,1-3H3;1-7,12H,8H2/b;7-3-,11-6?. The van der Waals surface area contributed by atoms with Crippen LogP contribution in [-0.4, -0.2) is 15.8 Å². The molecule has 1 aromatic heterocycles. The lowest BCUT2D eigenvalue weighted by Crippen LogP contribution is -2.15. The van der Waals surface area contributed by atoms with Crippen molar-refractivity contribution in [2.75, 3.05) is 5.32 Å². The molecule has 0 amide bonds. The van der Waals surface area contributed by atoms with E-state index in [0.29, 0.717) is 12.1 Å². The molecule has 1 aliphatic carbocycles. The van der Waals surface area contributed by atoms with Crippen molar-refractivity contribution in [1.29, 1.82) is 0 Å². The number of hydrogen-bond donors (Lipinski definition) is 1. The molecule has 4 aromatic carbocycles. The van der Waals surface area contributed by atoms with Crippen molar-refractivity contribution in [3.8, 4) is 28.2 Å². The highest BCUT2D eigenvalue weighted by atomic mass is 32.2. The van der Waals surface area contributed by atoms with Crippen molar-refractivity contribution in [2.24, 2.45) is 4.99 Å². The molecule has 0 radical (unpaired) electrons. The summed E-state index contributed by atoms with van der Waals surface area (Å²) < 4.78 is 15.5. The summed E-state index contributed by atoms with van der Waals surface area (Å²) >= 11 is 0.389. The van der Waals surface area contributed by atoms with E-state index < -0.39 is 4.75 Å². The minimum absolute atomic E-state index is 0.389. The largest absolute Gasteiger partial charge is 0.361 e. The number of fused-ring (bicyclic) bond motifs is 4. The van der Waals surface area contributed by atoms with Crippen LogP contribution in [0.15, 0.2) is 115 Å². The molecule has 6 heteroatoms. The number of nitrogens with zero attached hydrogens (tertiary/aromatic N) is 3. The Balaban J connectivity index is 0.000000219. The lowest BCUT2D eigenvalue weighted by atomic mass is 9.89. The van der Waals surface area contributed by atoms with Gasteiger partial charge in [-0.1, -0.05) is 72.8 Å². The fourth-order valence-electron chi connectivity index (χ4n) is 5.72. The number of anilines is 1. The topological polar surface area (TPSA) is 42.2 Å². The number of hydrogen-bond acceptors (Lipinski definition) is 4. The number of imidazole rings is 1. The zero-order valence-corrected chi connectivity index (χ0v) is 24.8. The van der Waals surface area contributed by atoms with E-state index in [2.05, 4.69) is 82.5 Å². The Morgan fingerprint density at radius 2 is 1.64 bits per heavy atom. The smallest absolute Gasteiger partial charge is 0.145 e. The van der Waals surface area contributed by atoms with Gasteiger partial charge in [-0.15, -0.1) is 0 Å². The van der Waals surface area contributed by atoms with Gasteiger partial charge in [-0.05, 0) is 84.3 Å². The number of nitrogens with one attached hydrogen (secondary N) is 1. The summed E-state index contributed by atoms with van der Waals surface area (Å²) in [6.07, 6.45) is 10.3. The number of aliphatic imine (C=N–C) groups is 1. The summed E-state index contributed by atoms with van der Waals surface area (Å²) in [6, 6.07) is 29.2. The van der Waals surface area contributed by atoms with Gasteiger partial charge in [0.25, 0.3) is 0 Å². The first-order chi connectivity index (χ1) is 20.5. The van der Waals surface area contributed by atoms with Gasteiger partial charge in [-0.25, -0.2) is 4.98 Å². The predicted molar refractivity (Wildman–Crippen MR) is 175 cm³/mol. The average Bonchev–Trinajstić information content (AvgIpc) is 3.63. The summed E-state index contributed by atoms with van der Waals surface area (Å²) in [5.74, 6) is 0.867. The number of aryl methyl sites for hydroxylation is 1. The number of rotatable bonds is 4. The van der Waals surface area contributed by atoms with Crippen LogP contribution in [0.1, 0.15) is 41.7 Å². The van der Waals surface area contributed by atoms with E-state index in [1.807, 2.05) is 69.0 Å². The van der Waals surface area contributed by atoms with E-state index in [4.69, 9.17) is 4.98 Å². The fraction of sp³-hybridized carbons (Fsp3) is 0.167. The van der Waals surface area contributed by atoms with Crippen LogP contribution in [0.25, 0.3) is 28.2 Å². The Bertz CT molecular complexity index is 1770. The summed E-state index contributed by atoms with van der Waals surface area (Å²) in [5, 5.41) is 3.19. The van der Waals surface area contributed by atoms with Gasteiger partial charge in [-0.2, -0.15) is 3.89 Å². The van der Waals surface area contributed by atoms with Crippen LogP contribution in [0.2, 0.25) is 0 Å². The molecule has 2 aliphatic rings. The lowest BCUT2D eigenvalue weighted by Gasteiger charge is -2.25. The number of benzene rings is 4. The zero-order chi connectivity index (χ0) is 29.1. The summed E-state index contributed by atoms with van der Waals surface area (Å²) in [7, 11) is 0. The Labute approximate surface area is 251 Å². The molecule has 1 N–H and O–H groups in total. The van der Waals surface area contributed by atoms with Crippen molar-refractivity contribution >= 4 is 24.0 Å². The van der Waals surface area contributed by atoms with Gasteiger partial charge in [0.05, 0.1) is 23.4 Å². The lowest BCUT2D eigenvalue weighted by molar-refractivity contribution is 0.741. The zero-order valence-electron chi connectivity index (χ0n) is 24.0. The van der Waals surface area contributed by atoms with Crippen molar-refractivity contribution in [3.05, 3.63) is 137 Å². The molecule has 1 aliphatic heterocycles.